The average molecular weight is 392 g/mol. The van der Waals surface area contributed by atoms with Gasteiger partial charge in [-0.3, -0.25) is 0 Å². The molecule has 1 heterocycles. The van der Waals surface area contributed by atoms with Crippen molar-refractivity contribution in [3.63, 3.8) is 0 Å². The number of benzene rings is 2. The number of hydrogen-bond donors (Lipinski definition) is 1. The van der Waals surface area contributed by atoms with Crippen LogP contribution in [0, 0.1) is 11.3 Å². The van der Waals surface area contributed by atoms with Gasteiger partial charge in [0.15, 0.2) is 0 Å². The van der Waals surface area contributed by atoms with Gasteiger partial charge in [0.2, 0.25) is 0 Å². The van der Waals surface area contributed by atoms with E-state index in [0.717, 1.165) is 40.7 Å². The molecule has 0 aliphatic rings. The predicted octanol–water partition coefficient (Wildman–Crippen LogP) is 5.18. The molecule has 4 nitrogen and oxygen atoms in total. The van der Waals surface area contributed by atoms with Crippen molar-refractivity contribution in [3.8, 4) is 11.8 Å². The Kier molecular flexibility index (Phi) is 6.45. The first-order chi connectivity index (χ1) is 13.4. The molecule has 3 aromatic rings. The highest BCUT2D eigenvalue weighted by Gasteiger charge is 2.17. The summed E-state index contributed by atoms with van der Waals surface area (Å²) >= 11 is 1.70. The molecular weight excluding hydrogens is 366 g/mol. The monoisotopic (exact) mass is 391 g/mol. The number of thiazole rings is 1. The lowest BCUT2D eigenvalue weighted by Crippen LogP contribution is -2.14. The van der Waals surface area contributed by atoms with E-state index in [9.17, 15) is 0 Å². The molecule has 0 saturated carbocycles. The van der Waals surface area contributed by atoms with Crippen LogP contribution in [0.3, 0.4) is 0 Å². The van der Waals surface area contributed by atoms with Crippen molar-refractivity contribution in [3.05, 3.63) is 81.3 Å². The van der Waals surface area contributed by atoms with Crippen LogP contribution in [0.25, 0.3) is 0 Å². The Bertz CT molecular complexity index is 966. The van der Waals surface area contributed by atoms with E-state index >= 15 is 0 Å². The zero-order valence-corrected chi connectivity index (χ0v) is 17.3. The van der Waals surface area contributed by atoms with E-state index in [1.807, 2.05) is 36.4 Å². The van der Waals surface area contributed by atoms with Gasteiger partial charge in [-0.2, -0.15) is 5.26 Å². The van der Waals surface area contributed by atoms with Gasteiger partial charge in [-0.05, 0) is 35.4 Å². The number of rotatable bonds is 7. The highest BCUT2D eigenvalue weighted by Crippen LogP contribution is 2.24. The van der Waals surface area contributed by atoms with E-state index in [2.05, 4.69) is 43.6 Å². The molecule has 0 saturated heterocycles. The summed E-state index contributed by atoms with van der Waals surface area (Å²) in [5.74, 6) is 0.825. The summed E-state index contributed by atoms with van der Waals surface area (Å²) in [7, 11) is 0. The maximum atomic E-state index is 8.99. The van der Waals surface area contributed by atoms with E-state index in [0.29, 0.717) is 12.2 Å². The Morgan fingerprint density at radius 3 is 2.61 bits per heavy atom. The third-order valence-electron chi connectivity index (χ3n) is 4.29. The SMILES string of the molecule is CC(C)(C)c1csc(CNCc2cccc(OCc3cccc(C#N)c3)c2)n1. The summed E-state index contributed by atoms with van der Waals surface area (Å²) in [4.78, 5) is 4.72. The summed E-state index contributed by atoms with van der Waals surface area (Å²) in [5.41, 5.74) is 4.03. The lowest BCUT2D eigenvalue weighted by molar-refractivity contribution is 0.306. The average Bonchev–Trinajstić information content (AvgIpc) is 3.16. The second kappa shape index (κ2) is 9.01. The maximum absolute atomic E-state index is 8.99. The van der Waals surface area contributed by atoms with Gasteiger partial charge in [0.1, 0.15) is 17.4 Å². The second-order valence-electron chi connectivity index (χ2n) is 7.73. The van der Waals surface area contributed by atoms with Crippen molar-refractivity contribution in [2.75, 3.05) is 0 Å². The Labute approximate surface area is 170 Å². The molecule has 28 heavy (non-hydrogen) atoms. The van der Waals surface area contributed by atoms with Crippen LogP contribution < -0.4 is 10.1 Å². The van der Waals surface area contributed by atoms with Crippen molar-refractivity contribution >= 4 is 11.3 Å². The van der Waals surface area contributed by atoms with Gasteiger partial charge in [-0.1, -0.05) is 45.0 Å². The van der Waals surface area contributed by atoms with Crippen molar-refractivity contribution in [1.29, 1.82) is 5.26 Å². The standard InChI is InChI=1S/C23H25N3OS/c1-23(2,3)21-16-28-22(26-21)14-25-13-18-7-5-9-20(11-18)27-15-19-8-4-6-17(10-19)12-24/h4-11,16,25H,13-15H2,1-3H3. The minimum atomic E-state index is 0.0905. The van der Waals surface area contributed by atoms with Crippen LogP contribution in [0.2, 0.25) is 0 Å². The Balaban J connectivity index is 1.52. The van der Waals surface area contributed by atoms with E-state index in [4.69, 9.17) is 15.0 Å². The number of ether oxygens (including phenoxy) is 1. The minimum absolute atomic E-state index is 0.0905. The number of aromatic nitrogens is 1. The number of hydrogen-bond acceptors (Lipinski definition) is 5. The summed E-state index contributed by atoms with van der Waals surface area (Å²) in [5, 5.41) is 15.7. The molecule has 1 N–H and O–H groups in total. The molecule has 0 amide bonds. The van der Waals surface area contributed by atoms with Gasteiger partial charge in [-0.15, -0.1) is 11.3 Å². The quantitative estimate of drug-likeness (QED) is 0.603. The zero-order chi connectivity index (χ0) is 20.0. The molecule has 0 aliphatic heterocycles. The van der Waals surface area contributed by atoms with Crippen molar-refractivity contribution in [2.24, 2.45) is 0 Å². The fourth-order valence-electron chi connectivity index (χ4n) is 2.69. The molecule has 0 bridgehead atoms. The first-order valence-corrected chi connectivity index (χ1v) is 10.2. The van der Waals surface area contributed by atoms with Crippen LogP contribution in [-0.4, -0.2) is 4.98 Å². The maximum Gasteiger partial charge on any atom is 0.120 e. The Morgan fingerprint density at radius 2 is 1.86 bits per heavy atom. The summed E-state index contributed by atoms with van der Waals surface area (Å²) < 4.78 is 5.89. The van der Waals surface area contributed by atoms with Crippen LogP contribution in [0.5, 0.6) is 5.75 Å². The van der Waals surface area contributed by atoms with Crippen molar-refractivity contribution < 1.29 is 4.74 Å². The summed E-state index contributed by atoms with van der Waals surface area (Å²) in [6.07, 6.45) is 0. The van der Waals surface area contributed by atoms with E-state index in [1.54, 1.807) is 17.4 Å². The van der Waals surface area contributed by atoms with Crippen LogP contribution in [0.4, 0.5) is 0 Å². The molecule has 1 aromatic heterocycles. The van der Waals surface area contributed by atoms with Crippen LogP contribution >= 0.6 is 11.3 Å². The Morgan fingerprint density at radius 1 is 1.07 bits per heavy atom. The van der Waals surface area contributed by atoms with Gasteiger partial charge in [0.25, 0.3) is 0 Å². The second-order valence-corrected chi connectivity index (χ2v) is 8.67. The topological polar surface area (TPSA) is 57.9 Å². The molecule has 0 fully saturated rings. The smallest absolute Gasteiger partial charge is 0.120 e. The first kappa shape index (κ1) is 20.1. The van der Waals surface area contributed by atoms with E-state index in [-0.39, 0.29) is 5.41 Å². The van der Waals surface area contributed by atoms with Gasteiger partial charge < -0.3 is 10.1 Å². The number of nitrogens with zero attached hydrogens (tertiary/aromatic N) is 2. The van der Waals surface area contributed by atoms with Crippen LogP contribution in [-0.2, 0) is 25.1 Å². The van der Waals surface area contributed by atoms with Crippen molar-refractivity contribution in [2.45, 2.75) is 45.9 Å². The Hall–Kier alpha value is -2.68. The molecule has 2 aromatic carbocycles. The van der Waals surface area contributed by atoms with Gasteiger partial charge >= 0.3 is 0 Å². The first-order valence-electron chi connectivity index (χ1n) is 9.30. The van der Waals surface area contributed by atoms with E-state index in [1.165, 1.54) is 0 Å². The van der Waals surface area contributed by atoms with Crippen LogP contribution in [0.15, 0.2) is 53.9 Å². The molecule has 0 radical (unpaired) electrons. The molecule has 3 rings (SSSR count). The molecule has 0 unspecified atom stereocenters. The lowest BCUT2D eigenvalue weighted by Gasteiger charge is -2.14. The van der Waals surface area contributed by atoms with E-state index < -0.39 is 0 Å². The molecule has 0 atom stereocenters. The summed E-state index contributed by atoms with van der Waals surface area (Å²) in [6.45, 7) is 8.50. The molecule has 144 valence electrons. The van der Waals surface area contributed by atoms with Crippen molar-refractivity contribution in [1.82, 2.24) is 10.3 Å². The number of nitriles is 1. The predicted molar refractivity (Wildman–Crippen MR) is 113 cm³/mol. The molecule has 0 spiro atoms. The van der Waals surface area contributed by atoms with Gasteiger partial charge in [0, 0.05) is 23.9 Å². The fourth-order valence-corrected chi connectivity index (χ4v) is 3.68. The number of nitrogens with one attached hydrogen (secondary N) is 1. The minimum Gasteiger partial charge on any atom is -0.489 e. The fraction of sp³-hybridized carbons (Fsp3) is 0.304. The van der Waals surface area contributed by atoms with Crippen LogP contribution in [0.1, 0.15) is 48.2 Å². The summed E-state index contributed by atoms with van der Waals surface area (Å²) in [6, 6.07) is 17.7. The molecule has 0 aliphatic carbocycles. The van der Waals surface area contributed by atoms with Gasteiger partial charge in [-0.25, -0.2) is 4.98 Å². The molecular formula is C23H25N3OS. The zero-order valence-electron chi connectivity index (χ0n) is 16.5. The highest BCUT2D eigenvalue weighted by atomic mass is 32.1. The van der Waals surface area contributed by atoms with Gasteiger partial charge in [0.05, 0.1) is 17.3 Å². The largest absolute Gasteiger partial charge is 0.489 e. The normalized spacial score (nSPS) is 11.2. The lowest BCUT2D eigenvalue weighted by atomic mass is 9.93. The third kappa shape index (κ3) is 5.66. The molecule has 5 heteroatoms. The third-order valence-corrected chi connectivity index (χ3v) is 5.13. The highest BCUT2D eigenvalue weighted by molar-refractivity contribution is 7.09.